The highest BCUT2D eigenvalue weighted by atomic mass is 35.5. The molecule has 0 saturated heterocycles. The van der Waals surface area contributed by atoms with E-state index in [0.717, 1.165) is 16.8 Å². The van der Waals surface area contributed by atoms with Crippen molar-refractivity contribution in [2.75, 3.05) is 0 Å². The first-order chi connectivity index (χ1) is 10.1. The lowest BCUT2D eigenvalue weighted by molar-refractivity contribution is 0.503. The third kappa shape index (κ3) is 2.31. The average molecular weight is 310 g/mol. The van der Waals surface area contributed by atoms with Crippen molar-refractivity contribution in [3.63, 3.8) is 0 Å². The van der Waals surface area contributed by atoms with Crippen LogP contribution in [0.4, 0.5) is 8.78 Å². The second kappa shape index (κ2) is 5.10. The molecule has 0 saturated carbocycles. The quantitative estimate of drug-likeness (QED) is 0.730. The molecule has 5 nitrogen and oxygen atoms in total. The summed E-state index contributed by atoms with van der Waals surface area (Å²) in [6, 6.07) is 6.32. The lowest BCUT2D eigenvalue weighted by atomic mass is 10.2. The molecule has 1 aromatic carbocycles. The van der Waals surface area contributed by atoms with Crippen molar-refractivity contribution < 1.29 is 13.2 Å². The van der Waals surface area contributed by atoms with Crippen LogP contribution >= 0.6 is 11.6 Å². The molecule has 0 aliphatic heterocycles. The van der Waals surface area contributed by atoms with Gasteiger partial charge in [0.05, 0.1) is 5.02 Å². The topological polar surface area (TPSA) is 60.9 Å². The normalized spacial score (nSPS) is 10.8. The van der Waals surface area contributed by atoms with Crippen molar-refractivity contribution in [3.05, 3.63) is 63.7 Å². The van der Waals surface area contributed by atoms with Crippen molar-refractivity contribution in [1.29, 1.82) is 0 Å². The van der Waals surface area contributed by atoms with Crippen LogP contribution in [0.1, 0.15) is 0 Å². The maximum Gasteiger partial charge on any atom is 0.443 e. The van der Waals surface area contributed by atoms with Gasteiger partial charge >= 0.3 is 5.76 Å². The Labute approximate surface area is 121 Å². The molecule has 0 aliphatic rings. The van der Waals surface area contributed by atoms with Gasteiger partial charge in [-0.3, -0.25) is 0 Å². The number of pyridine rings is 1. The molecule has 0 atom stereocenters. The first kappa shape index (κ1) is 13.4. The number of aromatic nitrogens is 3. The molecule has 0 amide bonds. The zero-order valence-electron chi connectivity index (χ0n) is 10.3. The van der Waals surface area contributed by atoms with Gasteiger partial charge in [-0.15, -0.1) is 9.78 Å². The first-order valence-electron chi connectivity index (χ1n) is 5.73. The smallest absolute Gasteiger partial charge is 0.387 e. The van der Waals surface area contributed by atoms with E-state index in [1.807, 2.05) is 0 Å². The average Bonchev–Trinajstić information content (AvgIpc) is 2.81. The molecular formula is C13H6ClF2N3O2. The van der Waals surface area contributed by atoms with Crippen LogP contribution in [0.25, 0.3) is 17.3 Å². The van der Waals surface area contributed by atoms with Gasteiger partial charge in [-0.2, -0.15) is 0 Å². The minimum Gasteiger partial charge on any atom is -0.387 e. The van der Waals surface area contributed by atoms with Crippen LogP contribution in [0, 0.1) is 11.6 Å². The lowest BCUT2D eigenvalue weighted by Gasteiger charge is -2.00. The van der Waals surface area contributed by atoms with Crippen LogP contribution in [-0.4, -0.2) is 14.8 Å². The Hall–Kier alpha value is -2.54. The molecule has 0 fully saturated rings. The van der Waals surface area contributed by atoms with Crippen LogP contribution in [0.2, 0.25) is 5.02 Å². The van der Waals surface area contributed by atoms with Gasteiger partial charge in [0, 0.05) is 6.20 Å². The molecule has 3 rings (SSSR count). The Bertz CT molecular complexity index is 856. The molecule has 2 heterocycles. The van der Waals surface area contributed by atoms with Gasteiger partial charge < -0.3 is 4.42 Å². The fourth-order valence-corrected chi connectivity index (χ4v) is 1.95. The molecule has 0 radical (unpaired) electrons. The van der Waals surface area contributed by atoms with Gasteiger partial charge in [-0.25, -0.2) is 18.6 Å². The van der Waals surface area contributed by atoms with Crippen LogP contribution in [0.15, 0.2) is 45.7 Å². The van der Waals surface area contributed by atoms with Crippen molar-refractivity contribution >= 4 is 11.6 Å². The standard InChI is InChI=1S/C13H6ClF2N3O2/c14-7-3-2-6-17-11(7)19-13(20)21-12(18-19)10-8(15)4-1-5-9(10)16/h1-6H. The van der Waals surface area contributed by atoms with Crippen molar-refractivity contribution in [3.8, 4) is 17.3 Å². The molecule has 2 aromatic heterocycles. The number of nitrogens with zero attached hydrogens (tertiary/aromatic N) is 3. The highest BCUT2D eigenvalue weighted by molar-refractivity contribution is 6.32. The molecule has 3 aromatic rings. The first-order valence-corrected chi connectivity index (χ1v) is 6.11. The van der Waals surface area contributed by atoms with Gasteiger partial charge in [0.15, 0.2) is 5.82 Å². The number of benzene rings is 1. The van der Waals surface area contributed by atoms with Gasteiger partial charge in [0.2, 0.25) is 0 Å². The summed E-state index contributed by atoms with van der Waals surface area (Å²) >= 11 is 5.90. The fourth-order valence-electron chi connectivity index (χ4n) is 1.75. The number of hydrogen-bond acceptors (Lipinski definition) is 4. The van der Waals surface area contributed by atoms with Crippen molar-refractivity contribution in [1.82, 2.24) is 14.8 Å². The van der Waals surface area contributed by atoms with Gasteiger partial charge in [-0.05, 0) is 24.3 Å². The zero-order valence-corrected chi connectivity index (χ0v) is 11.0. The predicted molar refractivity (Wildman–Crippen MR) is 70.3 cm³/mol. The van der Waals surface area contributed by atoms with Crippen molar-refractivity contribution in [2.45, 2.75) is 0 Å². The van der Waals surface area contributed by atoms with Gasteiger partial charge in [-0.1, -0.05) is 17.7 Å². The van der Waals surface area contributed by atoms with Crippen LogP contribution in [-0.2, 0) is 0 Å². The molecule has 0 aliphatic carbocycles. The van der Waals surface area contributed by atoms with Crippen LogP contribution in [0.3, 0.4) is 0 Å². The van der Waals surface area contributed by atoms with E-state index >= 15 is 0 Å². The highest BCUT2D eigenvalue weighted by Crippen LogP contribution is 2.24. The highest BCUT2D eigenvalue weighted by Gasteiger charge is 2.20. The molecule has 0 unspecified atom stereocenters. The van der Waals surface area contributed by atoms with Crippen molar-refractivity contribution in [2.24, 2.45) is 0 Å². The molecule has 0 bridgehead atoms. The minimum absolute atomic E-state index is 0.0101. The molecule has 0 spiro atoms. The third-order valence-electron chi connectivity index (χ3n) is 2.66. The number of hydrogen-bond donors (Lipinski definition) is 0. The third-order valence-corrected chi connectivity index (χ3v) is 2.96. The SMILES string of the molecule is O=c1oc(-c2c(F)cccc2F)nn1-c1ncccc1Cl. The summed E-state index contributed by atoms with van der Waals surface area (Å²) in [4.78, 5) is 15.7. The summed E-state index contributed by atoms with van der Waals surface area (Å²) in [6.07, 6.45) is 1.39. The minimum atomic E-state index is -0.951. The van der Waals surface area contributed by atoms with E-state index in [9.17, 15) is 13.6 Å². The second-order valence-electron chi connectivity index (χ2n) is 3.99. The Morgan fingerprint density at radius 2 is 1.86 bits per heavy atom. The summed E-state index contributed by atoms with van der Waals surface area (Å²) in [7, 11) is 0. The number of halogens is 3. The molecule has 8 heteroatoms. The number of rotatable bonds is 2. The van der Waals surface area contributed by atoms with E-state index in [4.69, 9.17) is 16.0 Å². The van der Waals surface area contributed by atoms with Gasteiger partial charge in [0.1, 0.15) is 17.2 Å². The lowest BCUT2D eigenvalue weighted by Crippen LogP contribution is -2.15. The van der Waals surface area contributed by atoms with E-state index < -0.39 is 28.8 Å². The Morgan fingerprint density at radius 3 is 2.52 bits per heavy atom. The van der Waals surface area contributed by atoms with Gasteiger partial charge in [0.25, 0.3) is 5.89 Å². The van der Waals surface area contributed by atoms with E-state index in [1.54, 1.807) is 6.07 Å². The Kier molecular flexibility index (Phi) is 3.26. The van der Waals surface area contributed by atoms with E-state index in [2.05, 4.69) is 10.1 Å². The predicted octanol–water partition coefficient (Wildman–Crippen LogP) is 2.82. The molecule has 21 heavy (non-hydrogen) atoms. The molecule has 106 valence electrons. The monoisotopic (exact) mass is 309 g/mol. The maximum atomic E-state index is 13.7. The maximum absolute atomic E-state index is 13.7. The summed E-state index contributed by atoms with van der Waals surface area (Å²) in [6.45, 7) is 0. The van der Waals surface area contributed by atoms with Crippen LogP contribution < -0.4 is 5.76 Å². The fraction of sp³-hybridized carbons (Fsp3) is 0. The zero-order chi connectivity index (χ0) is 15.0. The van der Waals surface area contributed by atoms with Crippen LogP contribution in [0.5, 0.6) is 0 Å². The van der Waals surface area contributed by atoms with E-state index in [-0.39, 0.29) is 10.8 Å². The Morgan fingerprint density at radius 1 is 1.14 bits per heavy atom. The molecular weight excluding hydrogens is 304 g/mol. The second-order valence-corrected chi connectivity index (χ2v) is 4.40. The molecule has 0 N–H and O–H groups in total. The summed E-state index contributed by atoms with van der Waals surface area (Å²) in [5.41, 5.74) is -0.527. The summed E-state index contributed by atoms with van der Waals surface area (Å²) in [5, 5.41) is 3.89. The van der Waals surface area contributed by atoms with E-state index in [1.165, 1.54) is 18.3 Å². The Balaban J connectivity index is 2.20. The summed E-state index contributed by atoms with van der Waals surface area (Å²) in [5.74, 6) is -3.22. The summed E-state index contributed by atoms with van der Waals surface area (Å²) < 4.78 is 32.9. The largest absolute Gasteiger partial charge is 0.443 e. The van der Waals surface area contributed by atoms with E-state index in [0.29, 0.717) is 0 Å².